The Morgan fingerprint density at radius 3 is 2.60 bits per heavy atom. The Morgan fingerprint density at radius 2 is 2.10 bits per heavy atom. The minimum atomic E-state index is -0.303. The van der Waals surface area contributed by atoms with E-state index in [1.54, 1.807) is 6.92 Å². The van der Waals surface area contributed by atoms with Crippen LogP contribution in [0, 0.1) is 0 Å². The lowest BCUT2D eigenvalue weighted by atomic mass is 10.4. The second-order valence-electron chi connectivity index (χ2n) is 2.30. The Balaban J connectivity index is 2.28. The van der Waals surface area contributed by atoms with Crippen LogP contribution in [0.25, 0.3) is 0 Å². The van der Waals surface area contributed by atoms with E-state index in [1.807, 2.05) is 29.2 Å². The van der Waals surface area contributed by atoms with Crippen molar-refractivity contribution in [2.24, 2.45) is 0 Å². The van der Waals surface area contributed by atoms with Gasteiger partial charge in [-0.25, -0.2) is 0 Å². The van der Waals surface area contributed by atoms with Crippen LogP contribution in [0.2, 0.25) is 0 Å². The van der Waals surface area contributed by atoms with E-state index in [4.69, 9.17) is 5.11 Å². The molecular weight excluding hydrogens is 128 g/mol. The molecule has 3 heteroatoms. The van der Waals surface area contributed by atoms with Crippen LogP contribution in [0.1, 0.15) is 6.92 Å². The average Bonchev–Trinajstić information content (AvgIpc) is 2.34. The molecule has 1 rings (SSSR count). The molecule has 1 aromatic rings. The maximum atomic E-state index is 8.88. The predicted octanol–water partition coefficient (Wildman–Crippen LogP) is 0.412. The molecule has 0 saturated carbocycles. The summed E-state index contributed by atoms with van der Waals surface area (Å²) in [5, 5.41) is 8.88. The lowest BCUT2D eigenvalue weighted by molar-refractivity contribution is 0.204. The van der Waals surface area contributed by atoms with Crippen LogP contribution in [0.15, 0.2) is 24.5 Å². The van der Waals surface area contributed by atoms with Gasteiger partial charge in [0.1, 0.15) is 0 Å². The van der Waals surface area contributed by atoms with Gasteiger partial charge < -0.3 is 10.5 Å². The maximum Gasteiger partial charge on any atom is 0.0700 e. The quantitative estimate of drug-likeness (QED) is 0.638. The zero-order chi connectivity index (χ0) is 7.40. The fourth-order valence-electron chi connectivity index (χ4n) is 0.677. The molecule has 0 saturated heterocycles. The number of hydrogen-bond acceptors (Lipinski definition) is 2. The van der Waals surface area contributed by atoms with Crippen LogP contribution >= 0.6 is 0 Å². The standard InChI is InChI=1S/C7H12N2O/c1-7(10)6-8-9-4-2-3-5-9/h2-5,7-8,10H,6H2,1H3. The first-order chi connectivity index (χ1) is 4.79. The van der Waals surface area contributed by atoms with Crippen molar-refractivity contribution in [2.75, 3.05) is 12.0 Å². The third-order valence-corrected chi connectivity index (χ3v) is 1.17. The average molecular weight is 140 g/mol. The number of hydrogen-bond donors (Lipinski definition) is 2. The van der Waals surface area contributed by atoms with Crippen LogP contribution in [-0.2, 0) is 0 Å². The molecule has 0 fully saturated rings. The monoisotopic (exact) mass is 140 g/mol. The highest BCUT2D eigenvalue weighted by Gasteiger charge is 1.91. The van der Waals surface area contributed by atoms with Crippen LogP contribution in [0.4, 0.5) is 0 Å². The van der Waals surface area contributed by atoms with Crippen LogP contribution < -0.4 is 5.43 Å². The van der Waals surface area contributed by atoms with Crippen molar-refractivity contribution >= 4 is 0 Å². The second kappa shape index (κ2) is 3.27. The van der Waals surface area contributed by atoms with Crippen LogP contribution in [-0.4, -0.2) is 22.4 Å². The molecule has 1 aromatic heterocycles. The van der Waals surface area contributed by atoms with E-state index < -0.39 is 0 Å². The number of rotatable bonds is 3. The Morgan fingerprint density at radius 1 is 1.50 bits per heavy atom. The van der Waals surface area contributed by atoms with E-state index >= 15 is 0 Å². The number of aliphatic hydroxyl groups excluding tert-OH is 1. The Bertz CT molecular complexity index is 170. The molecule has 0 aliphatic heterocycles. The molecule has 10 heavy (non-hydrogen) atoms. The minimum Gasteiger partial charge on any atom is -0.392 e. The van der Waals surface area contributed by atoms with Crippen molar-refractivity contribution in [1.29, 1.82) is 0 Å². The lowest BCUT2D eigenvalue weighted by Crippen LogP contribution is -2.22. The van der Waals surface area contributed by atoms with Crippen LogP contribution in [0.3, 0.4) is 0 Å². The summed E-state index contributed by atoms with van der Waals surface area (Å²) in [7, 11) is 0. The first kappa shape index (κ1) is 7.15. The van der Waals surface area contributed by atoms with Crippen LogP contribution in [0.5, 0.6) is 0 Å². The summed E-state index contributed by atoms with van der Waals surface area (Å²) >= 11 is 0. The van der Waals surface area contributed by atoms with Gasteiger partial charge in [0, 0.05) is 12.4 Å². The molecule has 0 radical (unpaired) electrons. The highest BCUT2D eigenvalue weighted by atomic mass is 16.3. The van der Waals surface area contributed by atoms with Crippen molar-refractivity contribution in [3.8, 4) is 0 Å². The molecular formula is C7H12N2O. The third-order valence-electron chi connectivity index (χ3n) is 1.17. The highest BCUT2D eigenvalue weighted by Crippen LogP contribution is 1.85. The van der Waals surface area contributed by atoms with Crippen molar-refractivity contribution in [3.05, 3.63) is 24.5 Å². The van der Waals surface area contributed by atoms with Crippen molar-refractivity contribution < 1.29 is 5.11 Å². The number of nitrogens with one attached hydrogen (secondary N) is 1. The lowest BCUT2D eigenvalue weighted by Gasteiger charge is -2.08. The Hall–Kier alpha value is -0.960. The largest absolute Gasteiger partial charge is 0.392 e. The zero-order valence-corrected chi connectivity index (χ0v) is 5.99. The highest BCUT2D eigenvalue weighted by molar-refractivity contribution is 4.93. The molecule has 3 nitrogen and oxygen atoms in total. The van der Waals surface area contributed by atoms with Gasteiger partial charge in [0.25, 0.3) is 0 Å². The van der Waals surface area contributed by atoms with E-state index in [2.05, 4.69) is 5.43 Å². The molecule has 1 atom stereocenters. The van der Waals surface area contributed by atoms with Gasteiger partial charge in [-0.3, -0.25) is 4.68 Å². The molecule has 0 aliphatic carbocycles. The van der Waals surface area contributed by atoms with E-state index in [9.17, 15) is 0 Å². The minimum absolute atomic E-state index is 0.303. The summed E-state index contributed by atoms with van der Waals surface area (Å²) in [5.74, 6) is 0. The molecule has 2 N–H and O–H groups in total. The Kier molecular flexibility index (Phi) is 2.34. The topological polar surface area (TPSA) is 37.2 Å². The van der Waals surface area contributed by atoms with Gasteiger partial charge in [-0.05, 0) is 19.1 Å². The van der Waals surface area contributed by atoms with Gasteiger partial charge in [-0.15, -0.1) is 0 Å². The molecule has 0 amide bonds. The van der Waals surface area contributed by atoms with Gasteiger partial charge in [0.15, 0.2) is 0 Å². The maximum absolute atomic E-state index is 8.88. The fourth-order valence-corrected chi connectivity index (χ4v) is 0.677. The van der Waals surface area contributed by atoms with Gasteiger partial charge >= 0.3 is 0 Å². The van der Waals surface area contributed by atoms with Gasteiger partial charge in [-0.2, -0.15) is 0 Å². The number of nitrogens with zero attached hydrogens (tertiary/aromatic N) is 1. The SMILES string of the molecule is CC(O)CNn1cccc1. The summed E-state index contributed by atoms with van der Waals surface area (Å²) in [5.41, 5.74) is 2.99. The van der Waals surface area contributed by atoms with Gasteiger partial charge in [0.2, 0.25) is 0 Å². The fraction of sp³-hybridized carbons (Fsp3) is 0.429. The zero-order valence-electron chi connectivity index (χ0n) is 5.99. The number of aliphatic hydroxyl groups is 1. The summed E-state index contributed by atoms with van der Waals surface area (Å²) in [6.45, 7) is 2.32. The number of aromatic nitrogens is 1. The van der Waals surface area contributed by atoms with Gasteiger partial charge in [0.05, 0.1) is 12.6 Å². The summed E-state index contributed by atoms with van der Waals surface area (Å²) in [4.78, 5) is 0. The normalized spacial score (nSPS) is 13.0. The first-order valence-corrected chi connectivity index (χ1v) is 3.34. The summed E-state index contributed by atoms with van der Waals surface area (Å²) in [6.07, 6.45) is 3.48. The van der Waals surface area contributed by atoms with Crippen molar-refractivity contribution in [3.63, 3.8) is 0 Å². The molecule has 0 aromatic carbocycles. The van der Waals surface area contributed by atoms with Crippen molar-refractivity contribution in [1.82, 2.24) is 4.68 Å². The molecule has 1 heterocycles. The van der Waals surface area contributed by atoms with Crippen molar-refractivity contribution in [2.45, 2.75) is 13.0 Å². The van der Waals surface area contributed by atoms with E-state index in [0.717, 1.165) is 0 Å². The smallest absolute Gasteiger partial charge is 0.0700 e. The van der Waals surface area contributed by atoms with Gasteiger partial charge in [-0.1, -0.05) is 0 Å². The van der Waals surface area contributed by atoms with E-state index in [0.29, 0.717) is 6.54 Å². The molecule has 0 bridgehead atoms. The van der Waals surface area contributed by atoms with E-state index in [-0.39, 0.29) is 6.10 Å². The Labute approximate surface area is 60.3 Å². The summed E-state index contributed by atoms with van der Waals surface area (Å²) < 4.78 is 1.81. The predicted molar refractivity (Wildman–Crippen MR) is 40.3 cm³/mol. The molecule has 1 unspecified atom stereocenters. The first-order valence-electron chi connectivity index (χ1n) is 3.34. The molecule has 0 spiro atoms. The molecule has 56 valence electrons. The van der Waals surface area contributed by atoms with E-state index in [1.165, 1.54) is 0 Å². The summed E-state index contributed by atoms with van der Waals surface area (Å²) in [6, 6.07) is 3.85. The molecule has 0 aliphatic rings. The second-order valence-corrected chi connectivity index (χ2v) is 2.30. The third kappa shape index (κ3) is 2.11.